The Morgan fingerprint density at radius 3 is 1.89 bits per heavy atom. The van der Waals surface area contributed by atoms with Gasteiger partial charge in [0, 0.05) is 0 Å². The normalized spacial score (nSPS) is 36.6. The minimum Gasteiger partial charge on any atom is -0.481 e. The van der Waals surface area contributed by atoms with E-state index in [0.717, 1.165) is 0 Å². The van der Waals surface area contributed by atoms with Crippen LogP contribution in [0.3, 0.4) is 0 Å². The quantitative estimate of drug-likeness (QED) is 0.284. The van der Waals surface area contributed by atoms with Gasteiger partial charge < -0.3 is 35.4 Å². The average Bonchev–Trinajstić information content (AvgIpc) is 2.28. The van der Waals surface area contributed by atoms with E-state index in [1.165, 1.54) is 0 Å². The zero-order chi connectivity index (χ0) is 14.0. The summed E-state index contributed by atoms with van der Waals surface area (Å²) < 4.78 is 4.84. The monoisotopic (exact) mass is 266 g/mol. The van der Waals surface area contributed by atoms with Crippen LogP contribution in [-0.4, -0.2) is 79.7 Å². The first-order chi connectivity index (χ1) is 8.31. The van der Waals surface area contributed by atoms with Crippen LogP contribution in [0.25, 0.3) is 0 Å². The summed E-state index contributed by atoms with van der Waals surface area (Å²) in [7, 11) is 0. The molecule has 18 heavy (non-hydrogen) atoms. The first-order valence-corrected chi connectivity index (χ1v) is 5.07. The summed E-state index contributed by atoms with van der Waals surface area (Å²) in [5.41, 5.74) is 0. The molecule has 104 valence electrons. The van der Waals surface area contributed by atoms with Gasteiger partial charge in [0.1, 0.15) is 30.5 Å². The fraction of sp³-hybridized carbons (Fsp3) is 0.778. The fourth-order valence-corrected chi connectivity index (χ4v) is 1.79. The molecule has 1 aliphatic heterocycles. The number of carboxylic acids is 2. The number of aliphatic hydroxyl groups excluding tert-OH is 4. The van der Waals surface area contributed by atoms with Crippen LogP contribution >= 0.6 is 0 Å². The zero-order valence-corrected chi connectivity index (χ0v) is 9.08. The van der Waals surface area contributed by atoms with Gasteiger partial charge in [-0.2, -0.15) is 0 Å². The summed E-state index contributed by atoms with van der Waals surface area (Å²) in [4.78, 5) is 21.6. The molecular weight excluding hydrogens is 252 g/mol. The molecule has 0 unspecified atom stereocenters. The highest BCUT2D eigenvalue weighted by molar-refractivity contribution is 5.93. The summed E-state index contributed by atoms with van der Waals surface area (Å²) in [5.74, 6) is -5.63. The summed E-state index contributed by atoms with van der Waals surface area (Å²) >= 11 is 0. The van der Waals surface area contributed by atoms with Crippen LogP contribution in [0.2, 0.25) is 0 Å². The van der Waals surface area contributed by atoms with E-state index in [1.54, 1.807) is 0 Å². The number of carbonyl (C=O) groups is 2. The highest BCUT2D eigenvalue weighted by Gasteiger charge is 2.50. The van der Waals surface area contributed by atoms with E-state index >= 15 is 0 Å². The van der Waals surface area contributed by atoms with Gasteiger partial charge in [-0.3, -0.25) is 9.59 Å². The van der Waals surface area contributed by atoms with E-state index < -0.39 is 55.0 Å². The van der Waals surface area contributed by atoms with Crippen molar-refractivity contribution in [1.29, 1.82) is 0 Å². The minimum absolute atomic E-state index is 0.757. The third-order valence-corrected chi connectivity index (χ3v) is 2.79. The number of carboxylic acid groups (broad SMARTS) is 2. The molecule has 6 N–H and O–H groups in total. The molecule has 0 spiro atoms. The molecule has 0 aromatic rings. The predicted octanol–water partition coefficient (Wildman–Crippen LogP) is -3.39. The Bertz CT molecular complexity index is 314. The highest BCUT2D eigenvalue weighted by Crippen LogP contribution is 2.26. The summed E-state index contributed by atoms with van der Waals surface area (Å²) in [5, 5.41) is 54.8. The number of rotatable bonds is 4. The van der Waals surface area contributed by atoms with E-state index in [2.05, 4.69) is 0 Å². The standard InChI is InChI=1S/C9H14O9/c10-1-2-4(11)5(12)6(13)7(18-2)3(8(14)15)9(16)17/h2-7,10-13H,1H2,(H,14,15)(H,16,17)/t2-,4-,5+,6-,7+/m1/s1. The maximum atomic E-state index is 10.8. The van der Waals surface area contributed by atoms with Crippen molar-refractivity contribution in [3.05, 3.63) is 0 Å². The van der Waals surface area contributed by atoms with Crippen LogP contribution in [0.15, 0.2) is 0 Å². The number of aliphatic carboxylic acids is 2. The maximum Gasteiger partial charge on any atom is 0.320 e. The third-order valence-electron chi connectivity index (χ3n) is 2.79. The first-order valence-electron chi connectivity index (χ1n) is 5.07. The molecule has 0 bridgehead atoms. The molecule has 1 fully saturated rings. The van der Waals surface area contributed by atoms with E-state index in [4.69, 9.17) is 20.1 Å². The van der Waals surface area contributed by atoms with Gasteiger partial charge in [-0.1, -0.05) is 0 Å². The van der Waals surface area contributed by atoms with Crippen LogP contribution in [0.4, 0.5) is 0 Å². The van der Waals surface area contributed by atoms with Crippen LogP contribution in [0.1, 0.15) is 0 Å². The lowest BCUT2D eigenvalue weighted by molar-refractivity contribution is -0.242. The van der Waals surface area contributed by atoms with Crippen molar-refractivity contribution in [1.82, 2.24) is 0 Å². The van der Waals surface area contributed by atoms with E-state index in [1.807, 2.05) is 0 Å². The molecule has 1 aliphatic rings. The molecule has 1 saturated heterocycles. The molecule has 0 aromatic heterocycles. The molecule has 0 amide bonds. The maximum absolute atomic E-state index is 10.8. The molecule has 0 radical (unpaired) electrons. The summed E-state index contributed by atoms with van der Waals surface area (Å²) in [6.07, 6.45) is -8.46. The predicted molar refractivity (Wildman–Crippen MR) is 52.5 cm³/mol. The van der Waals surface area contributed by atoms with Crippen molar-refractivity contribution in [2.75, 3.05) is 6.61 Å². The van der Waals surface area contributed by atoms with E-state index in [0.29, 0.717) is 0 Å². The second-order valence-electron chi connectivity index (χ2n) is 3.95. The Balaban J connectivity index is 2.99. The van der Waals surface area contributed by atoms with Crippen LogP contribution < -0.4 is 0 Å². The second kappa shape index (κ2) is 5.59. The molecule has 1 rings (SSSR count). The summed E-state index contributed by atoms with van der Waals surface area (Å²) in [6.45, 7) is -0.757. The Labute approximate surface area is 101 Å². The minimum atomic E-state index is -2.11. The van der Waals surface area contributed by atoms with Crippen molar-refractivity contribution in [2.24, 2.45) is 5.92 Å². The van der Waals surface area contributed by atoms with Gasteiger partial charge >= 0.3 is 11.9 Å². The van der Waals surface area contributed by atoms with Gasteiger partial charge in [0.25, 0.3) is 0 Å². The second-order valence-corrected chi connectivity index (χ2v) is 3.95. The third kappa shape index (κ3) is 2.60. The van der Waals surface area contributed by atoms with Gasteiger partial charge in [-0.05, 0) is 0 Å². The van der Waals surface area contributed by atoms with Gasteiger partial charge in [-0.15, -0.1) is 0 Å². The number of ether oxygens (including phenoxy) is 1. The van der Waals surface area contributed by atoms with Crippen LogP contribution in [0, 0.1) is 5.92 Å². The van der Waals surface area contributed by atoms with Gasteiger partial charge in [0.05, 0.1) is 6.61 Å². The average molecular weight is 266 g/mol. The Morgan fingerprint density at radius 1 is 1.00 bits per heavy atom. The topological polar surface area (TPSA) is 165 Å². The lowest BCUT2D eigenvalue weighted by Gasteiger charge is -2.41. The van der Waals surface area contributed by atoms with Gasteiger partial charge in [0.2, 0.25) is 0 Å². The number of hydrogen-bond acceptors (Lipinski definition) is 7. The number of aliphatic hydroxyl groups is 4. The van der Waals surface area contributed by atoms with E-state index in [-0.39, 0.29) is 0 Å². The van der Waals surface area contributed by atoms with Gasteiger partial charge in [-0.25, -0.2) is 0 Å². The smallest absolute Gasteiger partial charge is 0.320 e. The van der Waals surface area contributed by atoms with Crippen LogP contribution in [0.5, 0.6) is 0 Å². The Kier molecular flexibility index (Phi) is 4.59. The lowest BCUT2D eigenvalue weighted by atomic mass is 9.88. The van der Waals surface area contributed by atoms with Crippen molar-refractivity contribution in [3.63, 3.8) is 0 Å². The Hall–Kier alpha value is -1.26. The Morgan fingerprint density at radius 2 is 1.50 bits per heavy atom. The molecule has 9 heteroatoms. The molecule has 9 nitrogen and oxygen atoms in total. The summed E-state index contributed by atoms with van der Waals surface area (Å²) in [6, 6.07) is 0. The SMILES string of the molecule is O=C(O)C(C(=O)O)[C@@H]1O[C@H](CO)[C@@H](O)[C@H](O)[C@H]1O. The molecular formula is C9H14O9. The molecule has 0 aromatic carbocycles. The van der Waals surface area contributed by atoms with Crippen molar-refractivity contribution in [2.45, 2.75) is 30.5 Å². The van der Waals surface area contributed by atoms with Gasteiger partial charge in [0.15, 0.2) is 5.92 Å². The molecule has 5 atom stereocenters. The first kappa shape index (κ1) is 14.8. The van der Waals surface area contributed by atoms with Crippen LogP contribution in [-0.2, 0) is 14.3 Å². The largest absolute Gasteiger partial charge is 0.481 e. The van der Waals surface area contributed by atoms with Crippen molar-refractivity contribution in [3.8, 4) is 0 Å². The fourth-order valence-electron chi connectivity index (χ4n) is 1.79. The van der Waals surface area contributed by atoms with Crippen molar-refractivity contribution >= 4 is 11.9 Å². The lowest BCUT2D eigenvalue weighted by Crippen LogP contribution is -2.62. The molecule has 1 heterocycles. The zero-order valence-electron chi connectivity index (χ0n) is 9.08. The number of hydrogen-bond donors (Lipinski definition) is 6. The molecule has 0 saturated carbocycles. The highest BCUT2D eigenvalue weighted by atomic mass is 16.5. The van der Waals surface area contributed by atoms with E-state index in [9.17, 15) is 24.9 Å². The molecule has 0 aliphatic carbocycles. The van der Waals surface area contributed by atoms with Crippen molar-refractivity contribution < 1.29 is 45.0 Å².